The quantitative estimate of drug-likeness (QED) is 0.803. The SMILES string of the molecule is CCC1CCCCN1c1c(F)cc(N)cc1F. The van der Waals surface area contributed by atoms with Crippen molar-refractivity contribution in [2.45, 2.75) is 38.6 Å². The Labute approximate surface area is 100 Å². The van der Waals surface area contributed by atoms with Crippen LogP contribution in [0.4, 0.5) is 20.2 Å². The van der Waals surface area contributed by atoms with E-state index < -0.39 is 11.6 Å². The van der Waals surface area contributed by atoms with Crippen LogP contribution in [0.15, 0.2) is 12.1 Å². The summed E-state index contributed by atoms with van der Waals surface area (Å²) in [5.74, 6) is -1.11. The number of hydrogen-bond donors (Lipinski definition) is 1. The van der Waals surface area contributed by atoms with E-state index in [0.29, 0.717) is 0 Å². The molecule has 1 unspecified atom stereocenters. The van der Waals surface area contributed by atoms with E-state index in [0.717, 1.165) is 32.2 Å². The molecule has 4 heteroatoms. The lowest BCUT2D eigenvalue weighted by Gasteiger charge is -2.37. The molecule has 0 radical (unpaired) electrons. The predicted octanol–water partition coefficient (Wildman–Crippen LogP) is 3.32. The molecule has 0 aromatic heterocycles. The molecule has 1 fully saturated rings. The highest BCUT2D eigenvalue weighted by Gasteiger charge is 2.26. The van der Waals surface area contributed by atoms with E-state index in [4.69, 9.17) is 5.73 Å². The van der Waals surface area contributed by atoms with Crippen LogP contribution in [0.3, 0.4) is 0 Å². The van der Waals surface area contributed by atoms with Crippen molar-refractivity contribution in [3.8, 4) is 0 Å². The van der Waals surface area contributed by atoms with Crippen LogP contribution in [-0.4, -0.2) is 12.6 Å². The smallest absolute Gasteiger partial charge is 0.151 e. The summed E-state index contributed by atoms with van der Waals surface area (Å²) < 4.78 is 27.7. The van der Waals surface area contributed by atoms with Crippen LogP contribution in [0.1, 0.15) is 32.6 Å². The van der Waals surface area contributed by atoms with E-state index in [1.807, 2.05) is 4.90 Å². The number of piperidine rings is 1. The Bertz CT molecular complexity index is 383. The van der Waals surface area contributed by atoms with E-state index in [2.05, 4.69) is 6.92 Å². The zero-order chi connectivity index (χ0) is 12.4. The van der Waals surface area contributed by atoms with E-state index in [1.54, 1.807) is 0 Å². The molecule has 0 bridgehead atoms. The maximum Gasteiger partial charge on any atom is 0.151 e. The Morgan fingerprint density at radius 3 is 2.53 bits per heavy atom. The molecule has 2 rings (SSSR count). The minimum atomic E-state index is -0.553. The molecule has 1 atom stereocenters. The summed E-state index contributed by atoms with van der Waals surface area (Å²) in [6, 6.07) is 2.62. The molecule has 0 saturated carbocycles. The highest BCUT2D eigenvalue weighted by molar-refractivity contribution is 5.56. The normalized spacial score (nSPS) is 20.6. The molecule has 1 aliphatic heterocycles. The van der Waals surface area contributed by atoms with Crippen LogP contribution in [0.2, 0.25) is 0 Å². The lowest BCUT2D eigenvalue weighted by Crippen LogP contribution is -2.40. The minimum absolute atomic E-state index is 0.0887. The largest absolute Gasteiger partial charge is 0.399 e. The zero-order valence-electron chi connectivity index (χ0n) is 10.0. The van der Waals surface area contributed by atoms with Gasteiger partial charge in [-0.25, -0.2) is 8.78 Å². The van der Waals surface area contributed by atoms with Crippen molar-refractivity contribution in [2.24, 2.45) is 0 Å². The van der Waals surface area contributed by atoms with Crippen molar-refractivity contribution in [3.63, 3.8) is 0 Å². The van der Waals surface area contributed by atoms with Gasteiger partial charge >= 0.3 is 0 Å². The van der Waals surface area contributed by atoms with Gasteiger partial charge in [0.15, 0.2) is 11.6 Å². The second kappa shape index (κ2) is 4.90. The van der Waals surface area contributed by atoms with Crippen LogP contribution in [0.25, 0.3) is 0 Å². The van der Waals surface area contributed by atoms with Crippen LogP contribution in [-0.2, 0) is 0 Å². The van der Waals surface area contributed by atoms with Gasteiger partial charge in [0.2, 0.25) is 0 Å². The van der Waals surface area contributed by atoms with Gasteiger partial charge in [-0.3, -0.25) is 0 Å². The van der Waals surface area contributed by atoms with Crippen molar-refractivity contribution < 1.29 is 8.78 Å². The molecule has 2 nitrogen and oxygen atoms in total. The lowest BCUT2D eigenvalue weighted by atomic mass is 9.99. The molecular formula is C13H18F2N2. The van der Waals surface area contributed by atoms with Crippen molar-refractivity contribution in [1.29, 1.82) is 0 Å². The van der Waals surface area contributed by atoms with Gasteiger partial charge in [0.05, 0.1) is 0 Å². The second-order valence-electron chi connectivity index (χ2n) is 4.58. The van der Waals surface area contributed by atoms with Crippen LogP contribution >= 0.6 is 0 Å². The first-order valence-corrected chi connectivity index (χ1v) is 6.14. The highest BCUT2D eigenvalue weighted by Crippen LogP contribution is 2.32. The number of anilines is 2. The predicted molar refractivity (Wildman–Crippen MR) is 66.0 cm³/mol. The van der Waals surface area contributed by atoms with Crippen LogP contribution in [0.5, 0.6) is 0 Å². The molecule has 2 N–H and O–H groups in total. The number of nitrogens with zero attached hydrogens (tertiary/aromatic N) is 1. The summed E-state index contributed by atoms with van der Waals surface area (Å²) in [5, 5.41) is 0. The molecule has 1 heterocycles. The van der Waals surface area contributed by atoms with Crippen LogP contribution < -0.4 is 10.6 Å². The molecule has 17 heavy (non-hydrogen) atoms. The van der Waals surface area contributed by atoms with E-state index in [-0.39, 0.29) is 17.4 Å². The zero-order valence-corrected chi connectivity index (χ0v) is 10.0. The number of hydrogen-bond acceptors (Lipinski definition) is 2. The van der Waals surface area contributed by atoms with Crippen molar-refractivity contribution in [3.05, 3.63) is 23.8 Å². The fraction of sp³-hybridized carbons (Fsp3) is 0.538. The molecule has 0 amide bonds. The molecule has 1 aromatic rings. The first kappa shape index (κ1) is 12.1. The van der Waals surface area contributed by atoms with Crippen molar-refractivity contribution in [2.75, 3.05) is 17.2 Å². The van der Waals surface area contributed by atoms with Gasteiger partial charge in [0, 0.05) is 18.3 Å². The van der Waals surface area contributed by atoms with Crippen LogP contribution in [0, 0.1) is 11.6 Å². The van der Waals surface area contributed by atoms with Gasteiger partial charge in [-0.15, -0.1) is 0 Å². The number of halogens is 2. The fourth-order valence-electron chi connectivity index (χ4n) is 2.58. The standard InChI is InChI=1S/C13H18F2N2/c1-2-10-5-3-4-6-17(10)13-11(14)7-9(16)8-12(13)15/h7-8,10H,2-6,16H2,1H3. The van der Waals surface area contributed by atoms with Gasteiger partial charge in [-0.2, -0.15) is 0 Å². The average molecular weight is 240 g/mol. The summed E-state index contributed by atoms with van der Waals surface area (Å²) in [4.78, 5) is 1.85. The van der Waals surface area contributed by atoms with Gasteiger partial charge < -0.3 is 10.6 Å². The third kappa shape index (κ3) is 2.35. The van der Waals surface area contributed by atoms with Gasteiger partial charge in [-0.05, 0) is 37.8 Å². The average Bonchev–Trinajstić information content (AvgIpc) is 2.28. The second-order valence-corrected chi connectivity index (χ2v) is 4.58. The maximum atomic E-state index is 13.8. The Balaban J connectivity index is 2.38. The van der Waals surface area contributed by atoms with E-state index in [9.17, 15) is 8.78 Å². The van der Waals surface area contributed by atoms with Gasteiger partial charge in [0.25, 0.3) is 0 Å². The summed E-state index contributed by atoms with van der Waals surface area (Å²) in [7, 11) is 0. The fourth-order valence-corrected chi connectivity index (χ4v) is 2.58. The van der Waals surface area contributed by atoms with Gasteiger partial charge in [-0.1, -0.05) is 6.92 Å². The minimum Gasteiger partial charge on any atom is -0.399 e. The summed E-state index contributed by atoms with van der Waals surface area (Å²) in [5.41, 5.74) is 5.65. The summed E-state index contributed by atoms with van der Waals surface area (Å²) in [6.07, 6.45) is 4.02. The molecular weight excluding hydrogens is 222 g/mol. The summed E-state index contributed by atoms with van der Waals surface area (Å²) >= 11 is 0. The highest BCUT2D eigenvalue weighted by atomic mass is 19.1. The Hall–Kier alpha value is -1.32. The molecule has 1 saturated heterocycles. The van der Waals surface area contributed by atoms with Crippen molar-refractivity contribution in [1.82, 2.24) is 0 Å². The number of benzene rings is 1. The monoisotopic (exact) mass is 240 g/mol. The topological polar surface area (TPSA) is 29.3 Å². The molecule has 0 aliphatic carbocycles. The van der Waals surface area contributed by atoms with E-state index in [1.165, 1.54) is 12.1 Å². The third-order valence-electron chi connectivity index (χ3n) is 3.42. The number of rotatable bonds is 2. The maximum absolute atomic E-state index is 13.8. The summed E-state index contributed by atoms with van der Waals surface area (Å²) in [6.45, 7) is 2.77. The first-order valence-electron chi connectivity index (χ1n) is 6.14. The molecule has 0 spiro atoms. The Morgan fingerprint density at radius 1 is 1.29 bits per heavy atom. The van der Waals surface area contributed by atoms with E-state index >= 15 is 0 Å². The number of nitrogens with two attached hydrogens (primary N) is 1. The lowest BCUT2D eigenvalue weighted by molar-refractivity contribution is 0.435. The Morgan fingerprint density at radius 2 is 1.94 bits per heavy atom. The molecule has 94 valence electrons. The Kier molecular flexibility index (Phi) is 3.50. The van der Waals surface area contributed by atoms with Gasteiger partial charge in [0.1, 0.15) is 5.69 Å². The molecule has 1 aliphatic rings. The van der Waals surface area contributed by atoms with Crippen molar-refractivity contribution >= 4 is 11.4 Å². The first-order chi connectivity index (χ1) is 8.13. The third-order valence-corrected chi connectivity index (χ3v) is 3.42. The number of nitrogen functional groups attached to an aromatic ring is 1. The molecule has 1 aromatic carbocycles.